The SMILES string of the molecule is Cn1c(=O)oc2cc(S(=O)(=O)NCCN3CCNCC3)ccc21. The number of piperazine rings is 1. The van der Waals surface area contributed by atoms with E-state index in [1.165, 1.54) is 16.7 Å². The topological polar surface area (TPSA) is 96.6 Å². The Morgan fingerprint density at radius 2 is 2.04 bits per heavy atom. The minimum Gasteiger partial charge on any atom is -0.408 e. The number of hydrogen-bond acceptors (Lipinski definition) is 6. The molecule has 0 aliphatic carbocycles. The average Bonchev–Trinajstić information content (AvgIpc) is 2.82. The van der Waals surface area contributed by atoms with Gasteiger partial charge in [0.1, 0.15) is 0 Å². The highest BCUT2D eigenvalue weighted by Gasteiger charge is 2.17. The minimum atomic E-state index is -3.62. The number of aryl methyl sites for hydroxylation is 1. The van der Waals surface area contributed by atoms with Crippen molar-refractivity contribution in [3.05, 3.63) is 28.7 Å². The van der Waals surface area contributed by atoms with Gasteiger partial charge in [-0.1, -0.05) is 0 Å². The van der Waals surface area contributed by atoms with Crippen molar-refractivity contribution in [2.24, 2.45) is 7.05 Å². The first-order valence-electron chi connectivity index (χ1n) is 7.50. The summed E-state index contributed by atoms with van der Waals surface area (Å²) in [5.41, 5.74) is 0.831. The van der Waals surface area contributed by atoms with Crippen molar-refractivity contribution in [2.75, 3.05) is 39.3 Å². The number of sulfonamides is 1. The first-order chi connectivity index (χ1) is 11.0. The quantitative estimate of drug-likeness (QED) is 0.748. The monoisotopic (exact) mass is 340 g/mol. The lowest BCUT2D eigenvalue weighted by atomic mass is 10.3. The average molecular weight is 340 g/mol. The van der Waals surface area contributed by atoms with Crippen molar-refractivity contribution < 1.29 is 12.8 Å². The highest BCUT2D eigenvalue weighted by atomic mass is 32.2. The van der Waals surface area contributed by atoms with Crippen molar-refractivity contribution in [2.45, 2.75) is 4.90 Å². The van der Waals surface area contributed by atoms with E-state index in [-0.39, 0.29) is 10.5 Å². The van der Waals surface area contributed by atoms with Crippen molar-refractivity contribution in [3.8, 4) is 0 Å². The number of fused-ring (bicyclic) bond motifs is 1. The van der Waals surface area contributed by atoms with Crippen LogP contribution in [0.3, 0.4) is 0 Å². The van der Waals surface area contributed by atoms with Crippen LogP contribution >= 0.6 is 0 Å². The molecule has 1 aromatic carbocycles. The molecule has 8 nitrogen and oxygen atoms in total. The molecule has 9 heteroatoms. The second kappa shape index (κ2) is 6.44. The predicted molar refractivity (Wildman–Crippen MR) is 86.0 cm³/mol. The molecule has 1 aliphatic rings. The summed E-state index contributed by atoms with van der Waals surface area (Å²) in [6, 6.07) is 4.43. The standard InChI is InChI=1S/C14H20N4O4S/c1-17-12-3-2-11(10-13(12)22-14(17)19)23(20,21)16-6-9-18-7-4-15-5-8-18/h2-3,10,15-16H,4-9H2,1H3. The molecule has 0 amide bonds. The van der Waals surface area contributed by atoms with Crippen LogP contribution in [0.2, 0.25) is 0 Å². The third-order valence-electron chi connectivity index (χ3n) is 4.00. The van der Waals surface area contributed by atoms with E-state index < -0.39 is 15.8 Å². The zero-order valence-electron chi connectivity index (χ0n) is 12.9. The number of benzene rings is 1. The smallest absolute Gasteiger partial charge is 0.408 e. The van der Waals surface area contributed by atoms with Crippen LogP contribution in [0.4, 0.5) is 0 Å². The highest BCUT2D eigenvalue weighted by molar-refractivity contribution is 7.89. The van der Waals surface area contributed by atoms with Crippen LogP contribution in [0.15, 0.2) is 32.3 Å². The van der Waals surface area contributed by atoms with Crippen molar-refractivity contribution in [1.82, 2.24) is 19.5 Å². The maximum Gasteiger partial charge on any atom is 0.419 e. The molecule has 0 radical (unpaired) electrons. The number of nitrogens with zero attached hydrogens (tertiary/aromatic N) is 2. The first kappa shape index (κ1) is 16.2. The number of aromatic nitrogens is 1. The summed E-state index contributed by atoms with van der Waals surface area (Å²) in [7, 11) is -2.04. The Kier molecular flexibility index (Phi) is 4.53. The molecule has 1 aliphatic heterocycles. The largest absolute Gasteiger partial charge is 0.419 e. The van der Waals surface area contributed by atoms with Gasteiger partial charge in [-0.2, -0.15) is 0 Å². The number of oxazole rings is 1. The molecule has 0 saturated carbocycles. The second-order valence-corrected chi connectivity index (χ2v) is 7.31. The molecule has 1 saturated heterocycles. The zero-order chi connectivity index (χ0) is 16.4. The van der Waals surface area contributed by atoms with Crippen LogP contribution in [0.5, 0.6) is 0 Å². The van der Waals surface area contributed by atoms with E-state index in [0.29, 0.717) is 18.6 Å². The van der Waals surface area contributed by atoms with Gasteiger partial charge in [0.15, 0.2) is 5.58 Å². The van der Waals surface area contributed by atoms with Crippen molar-refractivity contribution in [3.63, 3.8) is 0 Å². The Labute approximate surface area is 134 Å². The van der Waals surface area contributed by atoms with E-state index in [1.54, 1.807) is 13.1 Å². The Morgan fingerprint density at radius 1 is 1.30 bits per heavy atom. The van der Waals surface area contributed by atoms with Crippen LogP contribution in [-0.2, 0) is 17.1 Å². The van der Waals surface area contributed by atoms with Crippen molar-refractivity contribution >= 4 is 21.1 Å². The lowest BCUT2D eigenvalue weighted by Gasteiger charge is -2.27. The van der Waals surface area contributed by atoms with Gasteiger partial charge in [0.25, 0.3) is 0 Å². The van der Waals surface area contributed by atoms with E-state index in [4.69, 9.17) is 4.42 Å². The van der Waals surface area contributed by atoms with Crippen LogP contribution in [0.25, 0.3) is 11.1 Å². The van der Waals surface area contributed by atoms with E-state index in [2.05, 4.69) is 14.9 Å². The maximum absolute atomic E-state index is 12.3. The summed E-state index contributed by atoms with van der Waals surface area (Å²) >= 11 is 0. The fraction of sp³-hybridized carbons (Fsp3) is 0.500. The summed E-state index contributed by atoms with van der Waals surface area (Å²) < 4.78 is 33.6. The Morgan fingerprint density at radius 3 is 2.78 bits per heavy atom. The molecule has 2 aromatic rings. The third-order valence-corrected chi connectivity index (χ3v) is 5.46. The summed E-state index contributed by atoms with van der Waals surface area (Å²) in [5.74, 6) is -0.513. The van der Waals surface area contributed by atoms with Gasteiger partial charge in [0, 0.05) is 52.4 Å². The van der Waals surface area contributed by atoms with Gasteiger partial charge in [0.2, 0.25) is 10.0 Å². The zero-order valence-corrected chi connectivity index (χ0v) is 13.7. The Hall–Kier alpha value is -1.68. The molecule has 126 valence electrons. The minimum absolute atomic E-state index is 0.0969. The molecule has 1 aromatic heterocycles. The summed E-state index contributed by atoms with van der Waals surface area (Å²) in [5, 5.41) is 3.25. The molecule has 3 rings (SSSR count). The predicted octanol–water partition coefficient (Wildman–Crippen LogP) is -0.685. The fourth-order valence-corrected chi connectivity index (χ4v) is 3.67. The van der Waals surface area contributed by atoms with Crippen LogP contribution < -0.4 is 15.8 Å². The molecule has 0 spiro atoms. The van der Waals surface area contributed by atoms with Crippen molar-refractivity contribution in [1.29, 1.82) is 0 Å². The van der Waals surface area contributed by atoms with Gasteiger partial charge >= 0.3 is 5.76 Å². The Bertz CT molecular complexity index is 849. The number of rotatable bonds is 5. The molecule has 23 heavy (non-hydrogen) atoms. The first-order valence-corrected chi connectivity index (χ1v) is 8.98. The summed E-state index contributed by atoms with van der Waals surface area (Å²) in [6.45, 7) is 4.71. The maximum atomic E-state index is 12.3. The van der Waals surface area contributed by atoms with E-state index in [1.807, 2.05) is 0 Å². The van der Waals surface area contributed by atoms with Crippen LogP contribution in [0, 0.1) is 0 Å². The molecular weight excluding hydrogens is 320 g/mol. The van der Waals surface area contributed by atoms with Gasteiger partial charge < -0.3 is 9.73 Å². The third kappa shape index (κ3) is 3.47. The van der Waals surface area contributed by atoms with Gasteiger partial charge in [-0.25, -0.2) is 17.9 Å². The molecule has 0 unspecified atom stereocenters. The van der Waals surface area contributed by atoms with E-state index >= 15 is 0 Å². The molecule has 2 heterocycles. The van der Waals surface area contributed by atoms with Crippen LogP contribution in [0.1, 0.15) is 0 Å². The lowest BCUT2D eigenvalue weighted by molar-refractivity contribution is 0.245. The van der Waals surface area contributed by atoms with E-state index in [9.17, 15) is 13.2 Å². The summed E-state index contributed by atoms with van der Waals surface area (Å²) in [6.07, 6.45) is 0. The van der Waals surface area contributed by atoms with Gasteiger partial charge in [-0.05, 0) is 12.1 Å². The molecule has 1 fully saturated rings. The summed E-state index contributed by atoms with van der Waals surface area (Å²) in [4.78, 5) is 13.8. The molecule has 0 bridgehead atoms. The molecule has 2 N–H and O–H groups in total. The van der Waals surface area contributed by atoms with Gasteiger partial charge in [-0.3, -0.25) is 9.47 Å². The molecule has 0 atom stereocenters. The lowest BCUT2D eigenvalue weighted by Crippen LogP contribution is -2.46. The number of hydrogen-bond donors (Lipinski definition) is 2. The Balaban J connectivity index is 1.70. The van der Waals surface area contributed by atoms with E-state index in [0.717, 1.165) is 26.2 Å². The van der Waals surface area contributed by atoms with Crippen LogP contribution in [-0.4, -0.2) is 57.2 Å². The molecular formula is C14H20N4O4S. The highest BCUT2D eigenvalue weighted by Crippen LogP contribution is 2.17. The van der Waals surface area contributed by atoms with Gasteiger partial charge in [0.05, 0.1) is 10.4 Å². The second-order valence-electron chi connectivity index (χ2n) is 5.55. The fourth-order valence-electron chi connectivity index (χ4n) is 2.64. The number of nitrogens with one attached hydrogen (secondary N) is 2. The van der Waals surface area contributed by atoms with Gasteiger partial charge in [-0.15, -0.1) is 0 Å². The normalized spacial score (nSPS) is 16.9.